The summed E-state index contributed by atoms with van der Waals surface area (Å²) in [6.07, 6.45) is 1.06. The number of hydrogen-bond acceptors (Lipinski definition) is 4. The average Bonchev–Trinajstić information content (AvgIpc) is 3.20. The minimum Gasteiger partial charge on any atom is -0.325 e. The Kier molecular flexibility index (Phi) is 4.99. The Morgan fingerprint density at radius 2 is 1.78 bits per heavy atom. The maximum absolute atomic E-state index is 13.0. The molecule has 140 valence electrons. The maximum Gasteiger partial charge on any atom is 0.243 e. The summed E-state index contributed by atoms with van der Waals surface area (Å²) in [7, 11) is -3.55. The van der Waals surface area contributed by atoms with Crippen molar-refractivity contribution in [3.63, 3.8) is 0 Å². The summed E-state index contributed by atoms with van der Waals surface area (Å²) < 4.78 is 27.5. The molecular weight excluding hydrogens is 380 g/mol. The van der Waals surface area contributed by atoms with E-state index in [1.165, 1.54) is 15.6 Å². The summed E-state index contributed by atoms with van der Waals surface area (Å²) >= 11 is 1.53. The third kappa shape index (κ3) is 3.76. The van der Waals surface area contributed by atoms with E-state index < -0.39 is 10.0 Å². The van der Waals surface area contributed by atoms with Crippen LogP contribution in [0.3, 0.4) is 0 Å². The number of benzene rings is 2. The van der Waals surface area contributed by atoms with Crippen molar-refractivity contribution in [1.29, 1.82) is 0 Å². The molecule has 5 nitrogen and oxygen atoms in total. The molecule has 0 radical (unpaired) electrons. The van der Waals surface area contributed by atoms with E-state index in [4.69, 9.17) is 0 Å². The van der Waals surface area contributed by atoms with Gasteiger partial charge in [0.25, 0.3) is 0 Å². The Labute approximate surface area is 162 Å². The van der Waals surface area contributed by atoms with Crippen LogP contribution in [0.15, 0.2) is 64.2 Å². The summed E-state index contributed by atoms with van der Waals surface area (Å²) in [6.45, 7) is 0.716. The number of piperidine rings is 1. The zero-order chi connectivity index (χ0) is 18.9. The van der Waals surface area contributed by atoms with Gasteiger partial charge in [-0.2, -0.15) is 15.6 Å². The average molecular weight is 401 g/mol. The Hall–Kier alpha value is -2.22. The minimum absolute atomic E-state index is 0.0313. The summed E-state index contributed by atoms with van der Waals surface area (Å²) in [5, 5.41) is 8.62. The summed E-state index contributed by atoms with van der Waals surface area (Å²) in [4.78, 5) is 12.7. The van der Waals surface area contributed by atoms with E-state index in [9.17, 15) is 13.2 Å². The number of amides is 1. The lowest BCUT2D eigenvalue weighted by Gasteiger charge is -2.30. The molecule has 1 aliphatic rings. The number of fused-ring (bicyclic) bond motifs is 1. The van der Waals surface area contributed by atoms with Gasteiger partial charge >= 0.3 is 0 Å². The fraction of sp³-hybridized carbons (Fsp3) is 0.250. The molecule has 2 aromatic carbocycles. The van der Waals surface area contributed by atoms with Gasteiger partial charge in [0.05, 0.1) is 10.6 Å². The molecular formula is C20H20N2O3S2. The van der Waals surface area contributed by atoms with Gasteiger partial charge in [0.15, 0.2) is 0 Å². The van der Waals surface area contributed by atoms with Crippen LogP contribution in [-0.4, -0.2) is 31.7 Å². The first-order valence-corrected chi connectivity index (χ1v) is 11.2. The predicted molar refractivity (Wildman–Crippen MR) is 108 cm³/mol. The number of hydrogen-bond donors (Lipinski definition) is 1. The molecule has 1 aromatic heterocycles. The normalized spacial score (nSPS) is 16.4. The van der Waals surface area contributed by atoms with Gasteiger partial charge in [0, 0.05) is 24.4 Å². The first-order chi connectivity index (χ1) is 13.0. The number of sulfonamides is 1. The van der Waals surface area contributed by atoms with Crippen LogP contribution in [0.2, 0.25) is 0 Å². The van der Waals surface area contributed by atoms with Gasteiger partial charge in [0.2, 0.25) is 15.9 Å². The van der Waals surface area contributed by atoms with Gasteiger partial charge < -0.3 is 5.32 Å². The van der Waals surface area contributed by atoms with E-state index >= 15 is 0 Å². The van der Waals surface area contributed by atoms with Gasteiger partial charge in [-0.15, -0.1) is 0 Å². The monoisotopic (exact) mass is 400 g/mol. The van der Waals surface area contributed by atoms with Crippen LogP contribution in [0.25, 0.3) is 10.8 Å². The highest BCUT2D eigenvalue weighted by molar-refractivity contribution is 7.89. The lowest BCUT2D eigenvalue weighted by Crippen LogP contribution is -2.41. The second-order valence-electron chi connectivity index (χ2n) is 6.69. The molecule has 1 amide bonds. The van der Waals surface area contributed by atoms with Crippen LogP contribution in [-0.2, 0) is 14.8 Å². The van der Waals surface area contributed by atoms with E-state index in [1.54, 1.807) is 12.1 Å². The summed E-state index contributed by atoms with van der Waals surface area (Å²) in [6, 6.07) is 14.8. The van der Waals surface area contributed by atoms with Crippen molar-refractivity contribution in [3.8, 4) is 0 Å². The third-order valence-electron chi connectivity index (χ3n) is 4.97. The van der Waals surface area contributed by atoms with Crippen LogP contribution in [0.1, 0.15) is 12.8 Å². The van der Waals surface area contributed by atoms with Crippen LogP contribution < -0.4 is 5.32 Å². The van der Waals surface area contributed by atoms with E-state index in [0.29, 0.717) is 30.8 Å². The van der Waals surface area contributed by atoms with Crippen molar-refractivity contribution < 1.29 is 13.2 Å². The Balaban J connectivity index is 1.45. The van der Waals surface area contributed by atoms with Gasteiger partial charge in [-0.3, -0.25) is 4.79 Å². The van der Waals surface area contributed by atoms with Crippen molar-refractivity contribution >= 4 is 43.7 Å². The molecule has 0 atom stereocenters. The topological polar surface area (TPSA) is 66.5 Å². The number of nitrogens with zero attached hydrogens (tertiary/aromatic N) is 1. The molecule has 0 saturated carbocycles. The molecule has 1 aliphatic heterocycles. The number of rotatable bonds is 4. The molecule has 1 saturated heterocycles. The third-order valence-corrected chi connectivity index (χ3v) is 7.55. The molecule has 0 bridgehead atoms. The predicted octanol–water partition coefficient (Wildman–Crippen LogP) is 3.94. The van der Waals surface area contributed by atoms with Crippen LogP contribution in [0.5, 0.6) is 0 Å². The lowest BCUT2D eigenvalue weighted by atomic mass is 9.97. The largest absolute Gasteiger partial charge is 0.325 e. The second-order valence-corrected chi connectivity index (χ2v) is 9.41. The summed E-state index contributed by atoms with van der Waals surface area (Å²) in [5.41, 5.74) is 0.802. The first-order valence-electron chi connectivity index (χ1n) is 8.86. The quantitative estimate of drug-likeness (QED) is 0.721. The highest BCUT2D eigenvalue weighted by Crippen LogP contribution is 2.27. The smallest absolute Gasteiger partial charge is 0.243 e. The van der Waals surface area contributed by atoms with Gasteiger partial charge in [-0.05, 0) is 47.2 Å². The molecule has 3 aromatic rings. The highest BCUT2D eigenvalue weighted by Gasteiger charge is 2.32. The SMILES string of the molecule is O=C(Nc1ccsc1)C1CCN(S(=O)(=O)c2ccc3ccccc3c2)CC1. The molecule has 4 rings (SSSR count). The van der Waals surface area contributed by atoms with E-state index in [1.807, 2.05) is 47.2 Å². The number of anilines is 1. The number of carbonyl (C=O) groups is 1. The van der Waals surface area contributed by atoms with Crippen LogP contribution in [0, 0.1) is 5.92 Å². The molecule has 0 aliphatic carbocycles. The van der Waals surface area contributed by atoms with Crippen molar-refractivity contribution in [2.75, 3.05) is 18.4 Å². The maximum atomic E-state index is 13.0. The molecule has 1 N–H and O–H groups in total. The van der Waals surface area contributed by atoms with Crippen molar-refractivity contribution in [3.05, 3.63) is 59.3 Å². The highest BCUT2D eigenvalue weighted by atomic mass is 32.2. The van der Waals surface area contributed by atoms with Crippen molar-refractivity contribution in [1.82, 2.24) is 4.31 Å². The minimum atomic E-state index is -3.55. The fourth-order valence-corrected chi connectivity index (χ4v) is 5.51. The zero-order valence-corrected chi connectivity index (χ0v) is 16.3. The first kappa shape index (κ1) is 18.2. The number of carbonyl (C=O) groups excluding carboxylic acids is 1. The van der Waals surface area contributed by atoms with Crippen LogP contribution >= 0.6 is 11.3 Å². The van der Waals surface area contributed by atoms with E-state index in [2.05, 4.69) is 5.32 Å². The zero-order valence-electron chi connectivity index (χ0n) is 14.7. The fourth-order valence-electron chi connectivity index (χ4n) is 3.42. The Morgan fingerprint density at radius 3 is 2.48 bits per heavy atom. The molecule has 1 fully saturated rings. The standard InChI is InChI=1S/C20H20N2O3S2/c23-20(21-18-9-12-26-14-18)16-7-10-22(11-8-16)27(24,25)19-6-5-15-3-1-2-4-17(15)13-19/h1-6,9,12-14,16H,7-8,10-11H2,(H,21,23). The van der Waals surface area contributed by atoms with E-state index in [0.717, 1.165) is 16.5 Å². The summed E-state index contributed by atoms with van der Waals surface area (Å²) in [5.74, 6) is -0.191. The second kappa shape index (κ2) is 7.42. The Bertz CT molecular complexity index is 1050. The molecule has 0 unspecified atom stereocenters. The molecule has 0 spiro atoms. The van der Waals surface area contributed by atoms with E-state index in [-0.39, 0.29) is 11.8 Å². The molecule has 2 heterocycles. The van der Waals surface area contributed by atoms with Crippen LogP contribution in [0.4, 0.5) is 5.69 Å². The lowest BCUT2D eigenvalue weighted by molar-refractivity contribution is -0.120. The molecule has 27 heavy (non-hydrogen) atoms. The van der Waals surface area contributed by atoms with Gasteiger partial charge in [0.1, 0.15) is 0 Å². The molecule has 7 heteroatoms. The number of nitrogens with one attached hydrogen (secondary N) is 1. The van der Waals surface area contributed by atoms with Gasteiger partial charge in [-0.25, -0.2) is 8.42 Å². The van der Waals surface area contributed by atoms with Crippen molar-refractivity contribution in [2.24, 2.45) is 5.92 Å². The Morgan fingerprint density at radius 1 is 1.04 bits per heavy atom. The van der Waals surface area contributed by atoms with Gasteiger partial charge in [-0.1, -0.05) is 30.3 Å². The number of thiophene rings is 1. The van der Waals surface area contributed by atoms with Crippen molar-refractivity contribution in [2.45, 2.75) is 17.7 Å².